The van der Waals surface area contributed by atoms with Crippen LogP contribution in [0.25, 0.3) is 0 Å². The van der Waals surface area contributed by atoms with Crippen LogP contribution in [0, 0.1) is 11.8 Å². The van der Waals surface area contributed by atoms with Crippen molar-refractivity contribution in [3.63, 3.8) is 0 Å². The zero-order chi connectivity index (χ0) is 19.3. The number of benzene rings is 1. The molecule has 2 fully saturated rings. The first-order chi connectivity index (χ1) is 13.0. The summed E-state index contributed by atoms with van der Waals surface area (Å²) in [6.45, 7) is 4.32. The highest BCUT2D eigenvalue weighted by molar-refractivity contribution is 5.25. The molecule has 27 heavy (non-hydrogen) atoms. The highest BCUT2D eigenvalue weighted by atomic mass is 19.4. The van der Waals surface area contributed by atoms with Gasteiger partial charge in [-0.1, -0.05) is 24.3 Å². The molecule has 1 aromatic rings. The van der Waals surface area contributed by atoms with Crippen molar-refractivity contribution in [3.8, 4) is 0 Å². The zero-order valence-electron chi connectivity index (χ0n) is 15.3. The van der Waals surface area contributed by atoms with Gasteiger partial charge in [-0.25, -0.2) is 0 Å². The molecule has 0 bridgehead atoms. The molecule has 2 aliphatic rings. The third-order valence-corrected chi connectivity index (χ3v) is 4.74. The molecule has 4 nitrogen and oxygen atoms in total. The molecule has 7 heteroatoms. The molecule has 2 saturated heterocycles. The molecule has 0 aromatic heterocycles. The molecule has 150 valence electrons. The first-order valence-corrected chi connectivity index (χ1v) is 9.22. The molecule has 1 aromatic carbocycles. The molecule has 0 atom stereocenters. The van der Waals surface area contributed by atoms with E-state index < -0.39 is 18.0 Å². The Labute approximate surface area is 157 Å². The van der Waals surface area contributed by atoms with Crippen molar-refractivity contribution < 1.29 is 32.1 Å². The van der Waals surface area contributed by atoms with Crippen molar-refractivity contribution in [1.29, 1.82) is 0 Å². The third kappa shape index (κ3) is 5.78. The lowest BCUT2D eigenvalue weighted by Crippen LogP contribution is -2.33. The number of hydrogen-bond acceptors (Lipinski definition) is 4. The van der Waals surface area contributed by atoms with Crippen LogP contribution in [0.5, 0.6) is 0 Å². The molecule has 3 rings (SSSR count). The number of hydrogen-bond donors (Lipinski definition) is 0. The second-order valence-electron chi connectivity index (χ2n) is 6.94. The molecule has 0 unspecified atom stereocenters. The van der Waals surface area contributed by atoms with Crippen LogP contribution < -0.4 is 0 Å². The Kier molecular flexibility index (Phi) is 6.92. The summed E-state index contributed by atoms with van der Waals surface area (Å²) in [4.78, 5) is 0. The van der Waals surface area contributed by atoms with Gasteiger partial charge in [0.2, 0.25) is 0 Å². The second-order valence-corrected chi connectivity index (χ2v) is 6.94. The van der Waals surface area contributed by atoms with Gasteiger partial charge in [0.05, 0.1) is 32.0 Å². The summed E-state index contributed by atoms with van der Waals surface area (Å²) in [5, 5.41) is 0. The molecule has 0 spiro atoms. The number of rotatable bonds is 5. The van der Waals surface area contributed by atoms with Crippen molar-refractivity contribution in [1.82, 2.24) is 0 Å². The summed E-state index contributed by atoms with van der Waals surface area (Å²) in [6, 6.07) is 4.90. The topological polar surface area (TPSA) is 36.9 Å². The van der Waals surface area contributed by atoms with Crippen LogP contribution >= 0.6 is 0 Å². The normalized spacial score (nSPS) is 29.9. The minimum absolute atomic E-state index is 0.195. The second kappa shape index (κ2) is 9.19. The molecule has 2 aliphatic heterocycles. The van der Waals surface area contributed by atoms with Crippen LogP contribution in [-0.4, -0.2) is 32.7 Å². The van der Waals surface area contributed by atoms with Gasteiger partial charge < -0.3 is 18.9 Å². The van der Waals surface area contributed by atoms with Crippen LogP contribution in [0.1, 0.15) is 37.2 Å². The minimum Gasteiger partial charge on any atom is -0.352 e. The van der Waals surface area contributed by atoms with Crippen molar-refractivity contribution in [2.24, 2.45) is 11.8 Å². The number of ether oxygens (including phenoxy) is 4. The van der Waals surface area contributed by atoms with Gasteiger partial charge in [0, 0.05) is 17.4 Å². The van der Waals surface area contributed by atoms with Gasteiger partial charge in [-0.15, -0.1) is 0 Å². The fourth-order valence-corrected chi connectivity index (χ4v) is 3.21. The average Bonchev–Trinajstić information content (AvgIpc) is 2.68. The maximum Gasteiger partial charge on any atom is 0.416 e. The fourth-order valence-electron chi connectivity index (χ4n) is 3.21. The predicted octanol–water partition coefficient (Wildman–Crippen LogP) is 4.71. The van der Waals surface area contributed by atoms with E-state index in [0.717, 1.165) is 25.0 Å². The van der Waals surface area contributed by atoms with Crippen molar-refractivity contribution in [2.75, 3.05) is 26.4 Å². The van der Waals surface area contributed by atoms with E-state index in [0.29, 0.717) is 37.9 Å². The van der Waals surface area contributed by atoms with Crippen molar-refractivity contribution in [2.45, 2.75) is 38.5 Å². The minimum atomic E-state index is -4.34. The molecular weight excluding hydrogens is 361 g/mol. The smallest absolute Gasteiger partial charge is 0.352 e. The first kappa shape index (κ1) is 20.3. The Bertz CT molecular complexity index is 599. The van der Waals surface area contributed by atoms with E-state index in [1.54, 1.807) is 0 Å². The molecule has 0 saturated carbocycles. The van der Waals surface area contributed by atoms with Crippen LogP contribution in [0.4, 0.5) is 13.2 Å². The highest BCUT2D eigenvalue weighted by Gasteiger charge is 2.31. The molecule has 0 aliphatic carbocycles. The SMILES string of the molecule is CC=CC1COC(CCC2COC(c3ccc(C(F)(F)F)cc3)OC2)OC1. The molecular formula is C20H25F3O4. The van der Waals surface area contributed by atoms with Crippen LogP contribution in [-0.2, 0) is 25.1 Å². The van der Waals surface area contributed by atoms with E-state index in [1.807, 2.05) is 13.0 Å². The first-order valence-electron chi connectivity index (χ1n) is 9.22. The van der Waals surface area contributed by atoms with Gasteiger partial charge in [0.25, 0.3) is 0 Å². The van der Waals surface area contributed by atoms with Gasteiger partial charge in [-0.05, 0) is 31.9 Å². The van der Waals surface area contributed by atoms with E-state index in [4.69, 9.17) is 18.9 Å². The summed E-state index contributed by atoms with van der Waals surface area (Å²) in [6.07, 6.45) is 0.547. The quantitative estimate of drug-likeness (QED) is 0.687. The van der Waals surface area contributed by atoms with E-state index in [9.17, 15) is 13.2 Å². The van der Waals surface area contributed by atoms with E-state index in [1.165, 1.54) is 12.1 Å². The Morgan fingerprint density at radius 1 is 0.926 bits per heavy atom. The van der Waals surface area contributed by atoms with Gasteiger partial charge in [-0.2, -0.15) is 13.2 Å². The maximum atomic E-state index is 12.6. The van der Waals surface area contributed by atoms with Crippen LogP contribution in [0.2, 0.25) is 0 Å². The monoisotopic (exact) mass is 386 g/mol. The summed E-state index contributed by atoms with van der Waals surface area (Å²) in [7, 11) is 0. The standard InChI is InChI=1S/C20H25F3O4/c1-2-3-14-10-24-18(25-11-14)9-4-15-12-26-19(27-13-15)16-5-7-17(8-6-16)20(21,22)23/h2-3,5-8,14-15,18-19H,4,9-13H2,1H3. The molecule has 0 amide bonds. The van der Waals surface area contributed by atoms with E-state index >= 15 is 0 Å². The van der Waals surface area contributed by atoms with Gasteiger partial charge >= 0.3 is 6.18 Å². The van der Waals surface area contributed by atoms with Crippen molar-refractivity contribution in [3.05, 3.63) is 47.5 Å². The maximum absolute atomic E-state index is 12.6. The van der Waals surface area contributed by atoms with Crippen molar-refractivity contribution >= 4 is 0 Å². The van der Waals surface area contributed by atoms with Gasteiger partial charge in [0.1, 0.15) is 0 Å². The Morgan fingerprint density at radius 3 is 2.11 bits per heavy atom. The largest absolute Gasteiger partial charge is 0.416 e. The lowest BCUT2D eigenvalue weighted by Gasteiger charge is -2.32. The van der Waals surface area contributed by atoms with E-state index in [-0.39, 0.29) is 12.2 Å². The fraction of sp³-hybridized carbons (Fsp3) is 0.600. The number of alkyl halides is 3. The number of allylic oxidation sites excluding steroid dienone is 1. The lowest BCUT2D eigenvalue weighted by molar-refractivity contribution is -0.217. The molecule has 2 heterocycles. The zero-order valence-corrected chi connectivity index (χ0v) is 15.3. The van der Waals surface area contributed by atoms with E-state index in [2.05, 4.69) is 6.08 Å². The van der Waals surface area contributed by atoms with Gasteiger partial charge in [0.15, 0.2) is 12.6 Å². The highest BCUT2D eigenvalue weighted by Crippen LogP contribution is 2.32. The summed E-state index contributed by atoms with van der Waals surface area (Å²) < 4.78 is 60.7. The lowest BCUT2D eigenvalue weighted by atomic mass is 10.0. The molecule has 0 N–H and O–H groups in total. The Hall–Kier alpha value is -1.41. The Balaban J connectivity index is 1.39. The van der Waals surface area contributed by atoms with Gasteiger partial charge in [-0.3, -0.25) is 0 Å². The third-order valence-electron chi connectivity index (χ3n) is 4.74. The number of halogens is 3. The average molecular weight is 386 g/mol. The Morgan fingerprint density at radius 2 is 1.56 bits per heavy atom. The van der Waals surface area contributed by atoms with Crippen LogP contribution in [0.3, 0.4) is 0 Å². The summed E-state index contributed by atoms with van der Waals surface area (Å²) in [5.74, 6) is 0.535. The molecule has 0 radical (unpaired) electrons. The predicted molar refractivity (Wildman–Crippen MR) is 92.8 cm³/mol. The summed E-state index contributed by atoms with van der Waals surface area (Å²) >= 11 is 0. The summed E-state index contributed by atoms with van der Waals surface area (Å²) in [5.41, 5.74) is -0.0838. The van der Waals surface area contributed by atoms with Crippen LogP contribution in [0.15, 0.2) is 36.4 Å².